The molecule has 0 radical (unpaired) electrons. The number of fused-ring (bicyclic) bond motifs is 1. The zero-order chi connectivity index (χ0) is 38.5. The van der Waals surface area contributed by atoms with Crippen LogP contribution in [0.2, 0.25) is 5.02 Å². The number of sulfonamides is 1. The Morgan fingerprint density at radius 3 is 2.13 bits per heavy atom. The maximum Gasteiger partial charge on any atom is 0.411 e. The SMILES string of the molecule is CC(C)(C)OC(=O)N1Cc2ccccc2CC1C(=O)NC(Cc1ccc(Cl)cc1)C(=O)N1CCN(c2ccccc2NS(=O)(=O)Cc2ccccc2)CC1. The van der Waals surface area contributed by atoms with Gasteiger partial charge in [0.15, 0.2) is 0 Å². The number of piperazine rings is 1. The van der Waals surface area contributed by atoms with Crippen LogP contribution in [0.25, 0.3) is 0 Å². The molecule has 11 nitrogen and oxygen atoms in total. The summed E-state index contributed by atoms with van der Waals surface area (Å²) in [6.07, 6.45) is -0.114. The highest BCUT2D eigenvalue weighted by Gasteiger charge is 2.39. The standard InChI is InChI=1S/C41H46ClN5O6S/c1-41(2,3)53-40(50)47-27-32-14-8-7-13-31(32)26-37(47)38(48)43-35(25-29-17-19-33(42)20-18-29)39(49)46-23-21-45(22-24-46)36-16-10-9-15-34(36)44-54(51,52)28-30-11-5-4-6-12-30/h4-20,35,37,44H,21-28H2,1-3H3,(H,43,48). The number of benzene rings is 4. The second kappa shape index (κ2) is 16.5. The van der Waals surface area contributed by atoms with E-state index in [-0.39, 0.29) is 31.0 Å². The molecular formula is C41H46ClN5O6S. The van der Waals surface area contributed by atoms with Crippen molar-refractivity contribution >= 4 is 50.9 Å². The zero-order valence-corrected chi connectivity index (χ0v) is 32.3. The lowest BCUT2D eigenvalue weighted by molar-refractivity contribution is -0.138. The van der Waals surface area contributed by atoms with Crippen LogP contribution >= 0.6 is 11.6 Å². The third kappa shape index (κ3) is 9.91. The minimum absolute atomic E-state index is 0.159. The molecule has 2 heterocycles. The van der Waals surface area contributed by atoms with E-state index in [2.05, 4.69) is 14.9 Å². The molecule has 13 heteroatoms. The Hall–Kier alpha value is -5.07. The van der Waals surface area contributed by atoms with E-state index in [0.29, 0.717) is 48.1 Å². The number of carbonyl (C=O) groups is 3. The second-order valence-corrected chi connectivity index (χ2v) is 16.8. The van der Waals surface area contributed by atoms with Crippen LogP contribution in [0.3, 0.4) is 0 Å². The minimum Gasteiger partial charge on any atom is -0.444 e. The van der Waals surface area contributed by atoms with Crippen molar-refractivity contribution in [1.82, 2.24) is 15.1 Å². The number of halogens is 1. The molecule has 0 spiro atoms. The molecule has 4 aromatic rings. The van der Waals surface area contributed by atoms with Gasteiger partial charge in [0.05, 0.1) is 23.7 Å². The van der Waals surface area contributed by atoms with E-state index in [4.69, 9.17) is 16.3 Å². The predicted molar refractivity (Wildman–Crippen MR) is 211 cm³/mol. The third-order valence-electron chi connectivity index (χ3n) is 9.45. The highest BCUT2D eigenvalue weighted by Crippen LogP contribution is 2.29. The summed E-state index contributed by atoms with van der Waals surface area (Å²) in [5, 5.41) is 3.57. The number of nitrogens with zero attached hydrogens (tertiary/aromatic N) is 3. The van der Waals surface area contributed by atoms with Gasteiger partial charge in [-0.1, -0.05) is 90.5 Å². The third-order valence-corrected chi connectivity index (χ3v) is 10.9. The number of anilines is 2. The Morgan fingerprint density at radius 2 is 1.44 bits per heavy atom. The fourth-order valence-electron chi connectivity index (χ4n) is 6.81. The first kappa shape index (κ1) is 38.6. The first-order valence-corrected chi connectivity index (χ1v) is 20.1. The molecule has 4 aromatic carbocycles. The summed E-state index contributed by atoms with van der Waals surface area (Å²) in [4.78, 5) is 47.2. The van der Waals surface area contributed by atoms with Crippen LogP contribution in [0.15, 0.2) is 103 Å². The molecule has 54 heavy (non-hydrogen) atoms. The Kier molecular flexibility index (Phi) is 11.8. The van der Waals surface area contributed by atoms with Gasteiger partial charge >= 0.3 is 6.09 Å². The predicted octanol–water partition coefficient (Wildman–Crippen LogP) is 6.02. The van der Waals surface area contributed by atoms with Crippen LogP contribution in [0.5, 0.6) is 0 Å². The van der Waals surface area contributed by atoms with E-state index in [1.54, 1.807) is 74.2 Å². The maximum absolute atomic E-state index is 14.3. The van der Waals surface area contributed by atoms with Gasteiger partial charge in [0.2, 0.25) is 21.8 Å². The summed E-state index contributed by atoms with van der Waals surface area (Å²) in [6.45, 7) is 7.11. The number of carbonyl (C=O) groups excluding carboxylic acids is 3. The molecule has 284 valence electrons. The molecule has 0 aliphatic carbocycles. The van der Waals surface area contributed by atoms with Crippen molar-refractivity contribution in [1.29, 1.82) is 0 Å². The van der Waals surface area contributed by atoms with Crippen molar-refractivity contribution in [3.05, 3.63) is 130 Å². The van der Waals surface area contributed by atoms with E-state index in [9.17, 15) is 22.8 Å². The Balaban J connectivity index is 1.18. The number of hydrogen-bond donors (Lipinski definition) is 2. The smallest absolute Gasteiger partial charge is 0.411 e. The summed E-state index contributed by atoms with van der Waals surface area (Å²) in [5.41, 5.74) is 3.79. The van der Waals surface area contributed by atoms with Gasteiger partial charge < -0.3 is 19.9 Å². The lowest BCUT2D eigenvalue weighted by atomic mass is 9.93. The molecule has 6 rings (SSSR count). The molecule has 2 aliphatic rings. The van der Waals surface area contributed by atoms with Crippen LogP contribution in [-0.4, -0.2) is 80.0 Å². The first-order chi connectivity index (χ1) is 25.7. The Labute approximate surface area is 322 Å². The van der Waals surface area contributed by atoms with Crippen molar-refractivity contribution in [3.8, 4) is 0 Å². The van der Waals surface area contributed by atoms with Crippen LogP contribution < -0.4 is 14.9 Å². The second-order valence-electron chi connectivity index (χ2n) is 14.7. The summed E-state index contributed by atoms with van der Waals surface area (Å²) >= 11 is 6.16. The number of rotatable bonds is 10. The monoisotopic (exact) mass is 771 g/mol. The maximum atomic E-state index is 14.3. The Bertz CT molecular complexity index is 2070. The fraction of sp³-hybridized carbons (Fsp3) is 0.341. The van der Waals surface area contributed by atoms with Crippen LogP contribution in [0, 0.1) is 0 Å². The molecule has 0 aromatic heterocycles. The van der Waals surface area contributed by atoms with Gasteiger partial charge in [-0.3, -0.25) is 19.2 Å². The molecule has 3 amide bonds. The molecule has 2 atom stereocenters. The molecule has 0 bridgehead atoms. The number of hydrogen-bond acceptors (Lipinski definition) is 7. The van der Waals surface area contributed by atoms with Gasteiger partial charge in [-0.25, -0.2) is 13.2 Å². The van der Waals surface area contributed by atoms with Gasteiger partial charge in [-0.2, -0.15) is 0 Å². The number of para-hydroxylation sites is 2. The summed E-state index contributed by atoms with van der Waals surface area (Å²) in [6, 6.07) is 29.2. The molecule has 2 unspecified atom stereocenters. The molecule has 2 aliphatic heterocycles. The number of nitrogens with one attached hydrogen (secondary N) is 2. The zero-order valence-electron chi connectivity index (χ0n) is 30.7. The largest absolute Gasteiger partial charge is 0.444 e. The van der Waals surface area contributed by atoms with Gasteiger partial charge in [0, 0.05) is 44.0 Å². The fourth-order valence-corrected chi connectivity index (χ4v) is 8.15. The first-order valence-electron chi connectivity index (χ1n) is 18.0. The normalized spacial score (nSPS) is 16.6. The van der Waals surface area contributed by atoms with Crippen molar-refractivity contribution in [2.45, 2.75) is 63.6 Å². The summed E-state index contributed by atoms with van der Waals surface area (Å²) in [7, 11) is -3.69. The van der Waals surface area contributed by atoms with Crippen molar-refractivity contribution in [3.63, 3.8) is 0 Å². The number of ether oxygens (including phenoxy) is 1. The van der Waals surface area contributed by atoms with E-state index in [1.807, 2.05) is 54.6 Å². The van der Waals surface area contributed by atoms with E-state index >= 15 is 0 Å². The summed E-state index contributed by atoms with van der Waals surface area (Å²) < 4.78 is 34.7. The number of amides is 3. The van der Waals surface area contributed by atoms with Crippen molar-refractivity contribution in [2.24, 2.45) is 0 Å². The Morgan fingerprint density at radius 1 is 0.815 bits per heavy atom. The average molecular weight is 772 g/mol. The van der Waals surface area contributed by atoms with Gasteiger partial charge in [0.1, 0.15) is 17.7 Å². The van der Waals surface area contributed by atoms with E-state index in [0.717, 1.165) is 16.7 Å². The lowest BCUT2D eigenvalue weighted by Crippen LogP contribution is -2.59. The van der Waals surface area contributed by atoms with Gasteiger partial charge in [0.25, 0.3) is 0 Å². The quantitative estimate of drug-likeness (QED) is 0.202. The topological polar surface area (TPSA) is 128 Å². The highest BCUT2D eigenvalue weighted by atomic mass is 35.5. The molecular weight excluding hydrogens is 726 g/mol. The van der Waals surface area contributed by atoms with E-state index < -0.39 is 39.7 Å². The average Bonchev–Trinajstić information content (AvgIpc) is 3.14. The van der Waals surface area contributed by atoms with Gasteiger partial charge in [-0.05, 0) is 67.3 Å². The van der Waals surface area contributed by atoms with E-state index in [1.165, 1.54) is 4.90 Å². The van der Waals surface area contributed by atoms with Crippen LogP contribution in [0.4, 0.5) is 16.2 Å². The highest BCUT2D eigenvalue weighted by molar-refractivity contribution is 7.91. The van der Waals surface area contributed by atoms with Crippen LogP contribution in [0.1, 0.15) is 43.0 Å². The molecule has 0 saturated carbocycles. The minimum atomic E-state index is -3.69. The summed E-state index contributed by atoms with van der Waals surface area (Å²) in [5.74, 6) is -0.860. The van der Waals surface area contributed by atoms with Crippen LogP contribution in [-0.2, 0) is 49.5 Å². The van der Waals surface area contributed by atoms with Gasteiger partial charge in [-0.15, -0.1) is 0 Å². The van der Waals surface area contributed by atoms with Crippen molar-refractivity contribution in [2.75, 3.05) is 35.8 Å². The van der Waals surface area contributed by atoms with Crippen molar-refractivity contribution < 1.29 is 27.5 Å². The molecule has 1 saturated heterocycles. The lowest BCUT2D eigenvalue weighted by Gasteiger charge is -2.39. The molecule has 1 fully saturated rings. The molecule has 2 N–H and O–H groups in total.